The minimum Gasteiger partial charge on any atom is -0.360 e. The number of piperazine rings is 1. The summed E-state index contributed by atoms with van der Waals surface area (Å²) in [5, 5.41) is 3.92. The lowest BCUT2D eigenvalue weighted by Crippen LogP contribution is -2.50. The first-order chi connectivity index (χ1) is 10.6. The molecule has 0 N–H and O–H groups in total. The molecule has 0 radical (unpaired) electrons. The highest BCUT2D eigenvalue weighted by molar-refractivity contribution is 5.12. The summed E-state index contributed by atoms with van der Waals surface area (Å²) in [6.07, 6.45) is 2.92. The van der Waals surface area contributed by atoms with Crippen LogP contribution in [0.2, 0.25) is 0 Å². The van der Waals surface area contributed by atoms with Crippen molar-refractivity contribution >= 4 is 0 Å². The Balaban J connectivity index is 1.57. The van der Waals surface area contributed by atoms with E-state index in [1.807, 2.05) is 13.0 Å². The number of halogens is 1. The van der Waals surface area contributed by atoms with E-state index in [0.717, 1.165) is 37.6 Å². The normalized spacial score (nSPS) is 20.4. The smallest absolute Gasteiger partial charge is 0.150 e. The molecule has 1 unspecified atom stereocenters. The third kappa shape index (κ3) is 3.51. The second-order valence-corrected chi connectivity index (χ2v) is 5.96. The molecule has 0 aromatic carbocycles. The van der Waals surface area contributed by atoms with Crippen LogP contribution in [0.15, 0.2) is 29.0 Å². The topological polar surface area (TPSA) is 45.4 Å². The lowest BCUT2D eigenvalue weighted by molar-refractivity contribution is 0.0671. The van der Waals surface area contributed by atoms with Crippen LogP contribution in [0.5, 0.6) is 0 Å². The van der Waals surface area contributed by atoms with Crippen molar-refractivity contribution in [3.8, 4) is 0 Å². The van der Waals surface area contributed by atoms with E-state index in [0.29, 0.717) is 18.2 Å². The SMILES string of the molecule is Cc1cc(CN2CCN(Cc3ccncc3F)C(C)C2)on1. The average molecular weight is 304 g/mol. The van der Waals surface area contributed by atoms with Crippen molar-refractivity contribution in [3.05, 3.63) is 47.4 Å². The van der Waals surface area contributed by atoms with Crippen LogP contribution in [0.1, 0.15) is 23.9 Å². The lowest BCUT2D eigenvalue weighted by atomic mass is 10.1. The molecule has 3 rings (SSSR count). The van der Waals surface area contributed by atoms with Gasteiger partial charge in [0.1, 0.15) is 5.82 Å². The largest absolute Gasteiger partial charge is 0.360 e. The molecule has 5 nitrogen and oxygen atoms in total. The number of aromatic nitrogens is 2. The summed E-state index contributed by atoms with van der Waals surface area (Å²) in [4.78, 5) is 8.46. The summed E-state index contributed by atoms with van der Waals surface area (Å²) in [6.45, 7) is 8.31. The zero-order chi connectivity index (χ0) is 15.5. The Morgan fingerprint density at radius 3 is 2.91 bits per heavy atom. The molecule has 0 saturated carbocycles. The molecule has 0 amide bonds. The third-order valence-electron chi connectivity index (χ3n) is 4.14. The molecule has 118 valence electrons. The van der Waals surface area contributed by atoms with Gasteiger partial charge in [-0.3, -0.25) is 14.8 Å². The monoisotopic (exact) mass is 304 g/mol. The fraction of sp³-hybridized carbons (Fsp3) is 0.500. The number of pyridine rings is 1. The van der Waals surface area contributed by atoms with Gasteiger partial charge in [-0.2, -0.15) is 0 Å². The lowest BCUT2D eigenvalue weighted by Gasteiger charge is -2.39. The summed E-state index contributed by atoms with van der Waals surface area (Å²) in [5.41, 5.74) is 1.62. The molecule has 0 bridgehead atoms. The van der Waals surface area contributed by atoms with Gasteiger partial charge in [-0.15, -0.1) is 0 Å². The fourth-order valence-electron chi connectivity index (χ4n) is 2.91. The summed E-state index contributed by atoms with van der Waals surface area (Å²) in [6, 6.07) is 4.10. The van der Waals surface area contributed by atoms with E-state index in [4.69, 9.17) is 4.52 Å². The summed E-state index contributed by atoms with van der Waals surface area (Å²) in [7, 11) is 0. The number of hydrogen-bond acceptors (Lipinski definition) is 5. The van der Waals surface area contributed by atoms with Crippen molar-refractivity contribution < 1.29 is 8.91 Å². The van der Waals surface area contributed by atoms with Gasteiger partial charge in [0, 0.05) is 50.0 Å². The van der Waals surface area contributed by atoms with Gasteiger partial charge < -0.3 is 4.52 Å². The van der Waals surface area contributed by atoms with Gasteiger partial charge in [0.05, 0.1) is 18.4 Å². The van der Waals surface area contributed by atoms with Crippen LogP contribution in [0.25, 0.3) is 0 Å². The van der Waals surface area contributed by atoms with Crippen LogP contribution < -0.4 is 0 Å². The molecule has 2 aromatic rings. The van der Waals surface area contributed by atoms with Gasteiger partial charge in [0.2, 0.25) is 0 Å². The first kappa shape index (κ1) is 15.1. The molecule has 2 aromatic heterocycles. The van der Waals surface area contributed by atoms with E-state index in [-0.39, 0.29) is 5.82 Å². The Hall–Kier alpha value is -1.79. The van der Waals surface area contributed by atoms with Crippen molar-refractivity contribution in [2.45, 2.75) is 33.0 Å². The van der Waals surface area contributed by atoms with Crippen LogP contribution in [0.3, 0.4) is 0 Å². The van der Waals surface area contributed by atoms with Crippen LogP contribution in [-0.2, 0) is 13.1 Å². The molecule has 22 heavy (non-hydrogen) atoms. The van der Waals surface area contributed by atoms with Gasteiger partial charge >= 0.3 is 0 Å². The zero-order valence-electron chi connectivity index (χ0n) is 13.0. The summed E-state index contributed by atoms with van der Waals surface area (Å²) >= 11 is 0. The molecular weight excluding hydrogens is 283 g/mol. The van der Waals surface area contributed by atoms with Crippen molar-refractivity contribution in [2.24, 2.45) is 0 Å². The molecule has 0 aliphatic carbocycles. The van der Waals surface area contributed by atoms with Crippen molar-refractivity contribution in [1.29, 1.82) is 0 Å². The minimum atomic E-state index is -0.228. The number of hydrogen-bond donors (Lipinski definition) is 0. The Labute approximate surface area is 129 Å². The van der Waals surface area contributed by atoms with Crippen molar-refractivity contribution in [2.75, 3.05) is 19.6 Å². The van der Waals surface area contributed by atoms with E-state index < -0.39 is 0 Å². The highest BCUT2D eigenvalue weighted by Gasteiger charge is 2.25. The molecule has 3 heterocycles. The molecular formula is C16H21FN4O. The Kier molecular flexibility index (Phi) is 4.49. The van der Waals surface area contributed by atoms with E-state index in [9.17, 15) is 4.39 Å². The number of nitrogens with zero attached hydrogens (tertiary/aromatic N) is 4. The Morgan fingerprint density at radius 1 is 1.36 bits per heavy atom. The summed E-state index contributed by atoms with van der Waals surface area (Å²) in [5.74, 6) is 0.674. The second kappa shape index (κ2) is 6.54. The van der Waals surface area contributed by atoms with Crippen LogP contribution in [-0.4, -0.2) is 45.6 Å². The van der Waals surface area contributed by atoms with E-state index in [2.05, 4.69) is 26.9 Å². The maximum Gasteiger partial charge on any atom is 0.150 e. The molecule has 1 aliphatic heterocycles. The Bertz CT molecular complexity index is 630. The predicted octanol–water partition coefficient (Wildman–Crippen LogP) is 2.22. The first-order valence-corrected chi connectivity index (χ1v) is 7.59. The quantitative estimate of drug-likeness (QED) is 0.867. The zero-order valence-corrected chi connectivity index (χ0v) is 13.0. The van der Waals surface area contributed by atoms with Gasteiger partial charge in [-0.1, -0.05) is 5.16 Å². The van der Waals surface area contributed by atoms with E-state index in [1.54, 1.807) is 12.3 Å². The molecule has 6 heteroatoms. The van der Waals surface area contributed by atoms with Gasteiger partial charge in [-0.05, 0) is 19.9 Å². The highest BCUT2D eigenvalue weighted by atomic mass is 19.1. The molecule has 1 aliphatic rings. The molecule has 1 saturated heterocycles. The van der Waals surface area contributed by atoms with E-state index >= 15 is 0 Å². The third-order valence-corrected chi connectivity index (χ3v) is 4.14. The summed E-state index contributed by atoms with van der Waals surface area (Å²) < 4.78 is 19.0. The average Bonchev–Trinajstić information content (AvgIpc) is 2.89. The van der Waals surface area contributed by atoms with Crippen LogP contribution in [0.4, 0.5) is 4.39 Å². The predicted molar refractivity (Wildman–Crippen MR) is 80.6 cm³/mol. The van der Waals surface area contributed by atoms with Gasteiger partial charge in [0.15, 0.2) is 5.76 Å². The minimum absolute atomic E-state index is 0.228. The van der Waals surface area contributed by atoms with Crippen LogP contribution in [0, 0.1) is 12.7 Å². The molecule has 1 atom stereocenters. The standard InChI is InChI=1S/C16H21FN4O/c1-12-7-15(22-19-12)11-20-5-6-21(13(2)9-20)10-14-3-4-18-8-16(14)17/h3-4,7-8,13H,5-6,9-11H2,1-2H3. The second-order valence-electron chi connectivity index (χ2n) is 5.96. The van der Waals surface area contributed by atoms with Crippen LogP contribution >= 0.6 is 0 Å². The maximum atomic E-state index is 13.7. The number of aryl methyl sites for hydroxylation is 1. The first-order valence-electron chi connectivity index (χ1n) is 7.59. The Morgan fingerprint density at radius 2 is 2.23 bits per heavy atom. The van der Waals surface area contributed by atoms with Crippen molar-refractivity contribution in [3.63, 3.8) is 0 Å². The van der Waals surface area contributed by atoms with Crippen molar-refractivity contribution in [1.82, 2.24) is 19.9 Å². The maximum absolute atomic E-state index is 13.7. The fourth-order valence-corrected chi connectivity index (χ4v) is 2.91. The van der Waals surface area contributed by atoms with E-state index in [1.165, 1.54) is 6.20 Å². The highest BCUT2D eigenvalue weighted by Crippen LogP contribution is 2.17. The number of rotatable bonds is 4. The van der Waals surface area contributed by atoms with Gasteiger partial charge in [0.25, 0.3) is 0 Å². The van der Waals surface area contributed by atoms with Gasteiger partial charge in [-0.25, -0.2) is 4.39 Å². The molecule has 0 spiro atoms. The molecule has 1 fully saturated rings.